The summed E-state index contributed by atoms with van der Waals surface area (Å²) in [4.78, 5) is 16.9. The highest BCUT2D eigenvalue weighted by atomic mass is 32.2. The highest BCUT2D eigenvalue weighted by Crippen LogP contribution is 2.23. The molecule has 0 unspecified atom stereocenters. The number of hydrogen-bond acceptors (Lipinski definition) is 6. The van der Waals surface area contributed by atoms with Gasteiger partial charge in [-0.1, -0.05) is 12.1 Å². The Kier molecular flexibility index (Phi) is 7.20. The van der Waals surface area contributed by atoms with E-state index in [2.05, 4.69) is 20.1 Å². The molecule has 2 aromatic carbocycles. The van der Waals surface area contributed by atoms with Gasteiger partial charge in [-0.2, -0.15) is 5.10 Å². The van der Waals surface area contributed by atoms with Gasteiger partial charge in [0.1, 0.15) is 11.6 Å². The van der Waals surface area contributed by atoms with E-state index in [4.69, 9.17) is 4.74 Å². The monoisotopic (exact) mass is 495 g/mol. The van der Waals surface area contributed by atoms with Gasteiger partial charge in [0.05, 0.1) is 23.4 Å². The summed E-state index contributed by atoms with van der Waals surface area (Å²) in [5.41, 5.74) is 4.12. The number of carbonyl (C=O) groups is 1. The summed E-state index contributed by atoms with van der Waals surface area (Å²) in [5.74, 6) is 1.01. The Morgan fingerprint density at radius 1 is 1.14 bits per heavy atom. The maximum atomic E-state index is 12.7. The minimum Gasteiger partial charge on any atom is -0.497 e. The number of ether oxygens (including phenoxy) is 1. The predicted molar refractivity (Wildman–Crippen MR) is 135 cm³/mol. The Hall–Kier alpha value is -3.66. The van der Waals surface area contributed by atoms with Gasteiger partial charge in [0, 0.05) is 36.8 Å². The number of rotatable bonds is 8. The van der Waals surface area contributed by atoms with Crippen LogP contribution in [0.1, 0.15) is 36.2 Å². The first kappa shape index (κ1) is 24.5. The van der Waals surface area contributed by atoms with Crippen molar-refractivity contribution in [3.05, 3.63) is 65.5 Å². The summed E-state index contributed by atoms with van der Waals surface area (Å²) in [5, 5.41) is 7.45. The third-order valence-electron chi connectivity index (χ3n) is 5.90. The number of hydrogen-bond donors (Lipinski definition) is 2. The van der Waals surface area contributed by atoms with Gasteiger partial charge in [0.2, 0.25) is 5.91 Å². The van der Waals surface area contributed by atoms with E-state index in [0.29, 0.717) is 30.9 Å². The van der Waals surface area contributed by atoms with E-state index < -0.39 is 10.0 Å². The Morgan fingerprint density at radius 2 is 1.94 bits per heavy atom. The van der Waals surface area contributed by atoms with Crippen LogP contribution < -0.4 is 14.8 Å². The van der Waals surface area contributed by atoms with Crippen molar-refractivity contribution in [1.82, 2.24) is 14.5 Å². The van der Waals surface area contributed by atoms with Gasteiger partial charge < -0.3 is 10.1 Å². The SMILES string of the molecule is COc1cccc(-n2nc(C)c(CCC(=O)Nc3cccc(S(=O)(=O)NC4=NCCC4)c3)c2C)c1. The number of carbonyl (C=O) groups excluding carboxylic acids is 1. The first-order chi connectivity index (χ1) is 16.8. The predicted octanol–water partition coefficient (Wildman–Crippen LogP) is 3.54. The van der Waals surface area contributed by atoms with E-state index in [1.165, 1.54) is 12.1 Å². The molecule has 0 fully saturated rings. The number of aromatic nitrogens is 2. The van der Waals surface area contributed by atoms with E-state index in [0.717, 1.165) is 34.8 Å². The quantitative estimate of drug-likeness (QED) is 0.496. The normalized spacial score (nSPS) is 13.4. The Balaban J connectivity index is 1.42. The highest BCUT2D eigenvalue weighted by Gasteiger charge is 2.19. The fourth-order valence-corrected chi connectivity index (χ4v) is 5.20. The fraction of sp³-hybridized carbons (Fsp3) is 0.320. The first-order valence-corrected chi connectivity index (χ1v) is 12.9. The van der Waals surface area contributed by atoms with Crippen molar-refractivity contribution in [2.24, 2.45) is 4.99 Å². The van der Waals surface area contributed by atoms with Crippen molar-refractivity contribution < 1.29 is 17.9 Å². The zero-order chi connectivity index (χ0) is 25.0. The van der Waals surface area contributed by atoms with Crippen LogP contribution in [0.3, 0.4) is 0 Å². The smallest absolute Gasteiger partial charge is 0.262 e. The van der Waals surface area contributed by atoms with Crippen LogP contribution in [0.4, 0.5) is 5.69 Å². The second-order valence-electron chi connectivity index (χ2n) is 8.38. The van der Waals surface area contributed by atoms with Crippen LogP contribution in [0.25, 0.3) is 5.69 Å². The van der Waals surface area contributed by atoms with Crippen LogP contribution in [0.2, 0.25) is 0 Å². The van der Waals surface area contributed by atoms with Crippen LogP contribution in [0, 0.1) is 13.8 Å². The molecule has 1 aliphatic rings. The molecule has 2 N–H and O–H groups in total. The molecule has 35 heavy (non-hydrogen) atoms. The minimum atomic E-state index is -3.75. The second-order valence-corrected chi connectivity index (χ2v) is 10.1. The van der Waals surface area contributed by atoms with Crippen LogP contribution >= 0.6 is 0 Å². The number of aliphatic imine (C=N–C) groups is 1. The number of nitrogens with zero attached hydrogens (tertiary/aromatic N) is 3. The van der Waals surface area contributed by atoms with Gasteiger partial charge in [-0.25, -0.2) is 13.1 Å². The molecule has 1 aromatic heterocycles. The summed E-state index contributed by atoms with van der Waals surface area (Å²) in [7, 11) is -2.13. The molecule has 10 heteroatoms. The number of sulfonamides is 1. The number of amides is 1. The fourth-order valence-electron chi connectivity index (χ4n) is 4.07. The summed E-state index contributed by atoms with van der Waals surface area (Å²) in [6.07, 6.45) is 2.19. The largest absolute Gasteiger partial charge is 0.497 e. The van der Waals surface area contributed by atoms with Crippen molar-refractivity contribution in [3.63, 3.8) is 0 Å². The number of methoxy groups -OCH3 is 1. The second kappa shape index (κ2) is 10.3. The number of amidine groups is 1. The molecule has 4 rings (SSSR count). The molecule has 9 nitrogen and oxygen atoms in total. The molecule has 2 heterocycles. The summed E-state index contributed by atoms with van der Waals surface area (Å²) >= 11 is 0. The Labute approximate surface area is 205 Å². The highest BCUT2D eigenvalue weighted by molar-refractivity contribution is 7.90. The molecule has 0 aliphatic carbocycles. The molecule has 1 aliphatic heterocycles. The zero-order valence-electron chi connectivity index (χ0n) is 20.0. The van der Waals surface area contributed by atoms with Crippen LogP contribution in [0.5, 0.6) is 5.75 Å². The molecule has 1 amide bonds. The number of aryl methyl sites for hydroxylation is 1. The lowest BCUT2D eigenvalue weighted by molar-refractivity contribution is -0.116. The van der Waals surface area contributed by atoms with E-state index in [-0.39, 0.29) is 17.2 Å². The van der Waals surface area contributed by atoms with Crippen molar-refractivity contribution in [3.8, 4) is 11.4 Å². The van der Waals surface area contributed by atoms with Crippen molar-refractivity contribution in [2.75, 3.05) is 19.0 Å². The van der Waals surface area contributed by atoms with Gasteiger partial charge >= 0.3 is 0 Å². The van der Waals surface area contributed by atoms with Crippen LogP contribution in [-0.4, -0.2) is 43.6 Å². The van der Waals surface area contributed by atoms with Crippen molar-refractivity contribution in [2.45, 2.75) is 44.4 Å². The molecule has 0 saturated heterocycles. The van der Waals surface area contributed by atoms with Crippen LogP contribution in [-0.2, 0) is 21.2 Å². The average Bonchev–Trinajstić information content (AvgIpc) is 3.45. The standard InChI is InChI=1S/C25H29N5O4S/c1-17-23(18(2)30(28-17)20-8-5-9-21(16-20)34-3)12-13-25(31)27-19-7-4-10-22(15-19)35(32,33)29-24-11-6-14-26-24/h4-5,7-10,15-16H,6,11-14H2,1-3H3,(H,26,29)(H,27,31). The van der Waals surface area contributed by atoms with E-state index in [1.54, 1.807) is 19.2 Å². The molecule has 0 radical (unpaired) electrons. The lowest BCUT2D eigenvalue weighted by Crippen LogP contribution is -2.29. The van der Waals surface area contributed by atoms with E-state index in [9.17, 15) is 13.2 Å². The van der Waals surface area contributed by atoms with E-state index in [1.807, 2.05) is 42.8 Å². The number of anilines is 1. The van der Waals surface area contributed by atoms with Gasteiger partial charge in [-0.05, 0) is 62.6 Å². The summed E-state index contributed by atoms with van der Waals surface area (Å²) in [6, 6.07) is 13.9. The lowest BCUT2D eigenvalue weighted by Gasteiger charge is -2.10. The molecule has 0 saturated carbocycles. The molecular weight excluding hydrogens is 466 g/mol. The minimum absolute atomic E-state index is 0.0798. The zero-order valence-corrected chi connectivity index (χ0v) is 20.9. The first-order valence-electron chi connectivity index (χ1n) is 11.4. The Morgan fingerprint density at radius 3 is 2.69 bits per heavy atom. The molecule has 0 spiro atoms. The lowest BCUT2D eigenvalue weighted by atomic mass is 10.1. The number of nitrogens with one attached hydrogen (secondary N) is 2. The van der Waals surface area contributed by atoms with Gasteiger partial charge in [-0.3, -0.25) is 14.5 Å². The number of benzene rings is 2. The summed E-state index contributed by atoms with van der Waals surface area (Å²) in [6.45, 7) is 4.53. The third-order valence-corrected chi connectivity index (χ3v) is 7.27. The summed E-state index contributed by atoms with van der Waals surface area (Å²) < 4.78 is 35.0. The molecule has 3 aromatic rings. The van der Waals surface area contributed by atoms with Gasteiger partial charge in [0.15, 0.2) is 0 Å². The van der Waals surface area contributed by atoms with Crippen LogP contribution in [0.15, 0.2) is 58.4 Å². The molecule has 184 valence electrons. The molecule has 0 bridgehead atoms. The van der Waals surface area contributed by atoms with Crippen molar-refractivity contribution >= 4 is 27.5 Å². The van der Waals surface area contributed by atoms with Gasteiger partial charge in [0.25, 0.3) is 10.0 Å². The average molecular weight is 496 g/mol. The Bertz CT molecular complexity index is 1380. The van der Waals surface area contributed by atoms with Gasteiger partial charge in [-0.15, -0.1) is 0 Å². The molecular formula is C25H29N5O4S. The molecule has 0 atom stereocenters. The maximum absolute atomic E-state index is 12.7. The topological polar surface area (TPSA) is 115 Å². The third kappa shape index (κ3) is 5.71. The van der Waals surface area contributed by atoms with Crippen molar-refractivity contribution in [1.29, 1.82) is 0 Å². The van der Waals surface area contributed by atoms with E-state index >= 15 is 0 Å². The maximum Gasteiger partial charge on any atom is 0.262 e.